The Balaban J connectivity index is 1.17. The highest BCUT2D eigenvalue weighted by molar-refractivity contribution is 6.34. The van der Waals surface area contributed by atoms with E-state index in [1.165, 1.54) is 10.8 Å². The first-order valence-electron chi connectivity index (χ1n) is 19.3. The summed E-state index contributed by atoms with van der Waals surface area (Å²) in [5, 5.41) is 6.88. The van der Waals surface area contributed by atoms with E-state index in [9.17, 15) is 0 Å². The lowest BCUT2D eigenvalue weighted by molar-refractivity contribution is 0.673. The predicted molar refractivity (Wildman–Crippen MR) is 234 cm³/mol. The molecule has 0 saturated heterocycles. The van der Waals surface area contributed by atoms with Crippen molar-refractivity contribution in [2.24, 2.45) is 0 Å². The van der Waals surface area contributed by atoms with Crippen molar-refractivity contribution in [3.63, 3.8) is 0 Å². The van der Waals surface area contributed by atoms with Gasteiger partial charge in [-0.25, -0.2) is 9.97 Å². The van der Waals surface area contributed by atoms with E-state index in [4.69, 9.17) is 14.4 Å². The second-order valence-electron chi connectivity index (χ2n) is 14.6. The summed E-state index contributed by atoms with van der Waals surface area (Å²) in [5.41, 5.74) is 13.2. The summed E-state index contributed by atoms with van der Waals surface area (Å²) in [4.78, 5) is 10.4. The first-order chi connectivity index (χ1) is 28.3. The number of para-hydroxylation sites is 3. The Labute approximate surface area is 327 Å². The molecule has 0 aliphatic heterocycles. The van der Waals surface area contributed by atoms with Crippen molar-refractivity contribution < 1.29 is 4.42 Å². The van der Waals surface area contributed by atoms with Crippen LogP contribution < -0.4 is 0 Å². The zero-order valence-corrected chi connectivity index (χ0v) is 30.7. The molecule has 0 unspecified atom stereocenters. The Morgan fingerprint density at radius 1 is 0.351 bits per heavy atom. The van der Waals surface area contributed by atoms with Gasteiger partial charge in [0.05, 0.1) is 38.8 Å². The maximum atomic E-state index is 6.84. The number of nitrogens with zero attached hydrogens (tertiary/aromatic N) is 4. The lowest BCUT2D eigenvalue weighted by Gasteiger charge is -2.12. The summed E-state index contributed by atoms with van der Waals surface area (Å²) in [6.45, 7) is 0. The molecule has 4 heterocycles. The van der Waals surface area contributed by atoms with Crippen LogP contribution in [0, 0.1) is 0 Å². The van der Waals surface area contributed by atoms with E-state index in [1.807, 2.05) is 18.2 Å². The van der Waals surface area contributed by atoms with Gasteiger partial charge in [-0.2, -0.15) is 0 Å². The molecule has 0 saturated carbocycles. The highest BCUT2D eigenvalue weighted by atomic mass is 16.3. The Morgan fingerprint density at radius 2 is 0.895 bits per heavy atom. The molecule has 4 aromatic heterocycles. The van der Waals surface area contributed by atoms with Crippen LogP contribution in [0.2, 0.25) is 0 Å². The number of aromatic nitrogens is 4. The summed E-state index contributed by atoms with van der Waals surface area (Å²) in [7, 11) is 0. The van der Waals surface area contributed by atoms with Gasteiger partial charge in [-0.3, -0.25) is 0 Å². The second kappa shape index (κ2) is 12.4. The fourth-order valence-corrected chi connectivity index (χ4v) is 8.83. The summed E-state index contributed by atoms with van der Waals surface area (Å²) in [5.74, 6) is 0.672. The van der Waals surface area contributed by atoms with E-state index in [1.54, 1.807) is 0 Å². The molecule has 266 valence electrons. The van der Waals surface area contributed by atoms with Crippen molar-refractivity contribution in [3.8, 4) is 45.3 Å². The minimum absolute atomic E-state index is 0.672. The Morgan fingerprint density at radius 3 is 1.63 bits per heavy atom. The average molecular weight is 729 g/mol. The van der Waals surface area contributed by atoms with Crippen LogP contribution in [0.15, 0.2) is 199 Å². The van der Waals surface area contributed by atoms with Crippen LogP contribution in [0.25, 0.3) is 111 Å². The first kappa shape index (κ1) is 31.6. The van der Waals surface area contributed by atoms with Crippen LogP contribution in [0.4, 0.5) is 0 Å². The maximum absolute atomic E-state index is 6.84. The van der Waals surface area contributed by atoms with Gasteiger partial charge in [0.15, 0.2) is 5.82 Å². The topological polar surface area (TPSA) is 48.8 Å². The Hall–Kier alpha value is -7.76. The third-order valence-corrected chi connectivity index (χ3v) is 11.3. The molecular weight excluding hydrogens is 697 g/mol. The molecule has 57 heavy (non-hydrogen) atoms. The number of furan rings is 1. The van der Waals surface area contributed by atoms with Gasteiger partial charge in [-0.1, -0.05) is 127 Å². The molecule has 12 rings (SSSR count). The lowest BCUT2D eigenvalue weighted by Crippen LogP contribution is -1.98. The molecule has 5 nitrogen and oxygen atoms in total. The van der Waals surface area contributed by atoms with Crippen LogP contribution in [-0.2, 0) is 0 Å². The van der Waals surface area contributed by atoms with E-state index in [2.05, 4.69) is 185 Å². The molecule has 5 heteroatoms. The normalized spacial score (nSPS) is 11.9. The highest BCUT2D eigenvalue weighted by Crippen LogP contribution is 2.46. The Kier molecular flexibility index (Phi) is 6.86. The summed E-state index contributed by atoms with van der Waals surface area (Å²) >= 11 is 0. The van der Waals surface area contributed by atoms with E-state index >= 15 is 0 Å². The monoisotopic (exact) mass is 728 g/mol. The average Bonchev–Trinajstić information content (AvgIpc) is 3.95. The second-order valence-corrected chi connectivity index (χ2v) is 14.6. The SMILES string of the molecule is c1ccc(-c2cc(-c3ccccc3)nc(-c3cccc(-n4c5ccc6c7ccccc7oc6c5c5c6c7ccccc7n(-c7ccccc7)c6ccc54)c3)n2)cc1. The number of rotatable bonds is 5. The molecule has 12 aromatic rings. The van der Waals surface area contributed by atoms with Crippen molar-refractivity contribution >= 4 is 65.6 Å². The first-order valence-corrected chi connectivity index (χ1v) is 19.3. The molecule has 0 amide bonds. The van der Waals surface area contributed by atoms with Gasteiger partial charge in [-0.15, -0.1) is 0 Å². The quantitative estimate of drug-likeness (QED) is 0.177. The summed E-state index contributed by atoms with van der Waals surface area (Å²) < 4.78 is 11.6. The maximum Gasteiger partial charge on any atom is 0.160 e. The molecule has 0 radical (unpaired) electrons. The number of benzene rings is 8. The van der Waals surface area contributed by atoms with Crippen LogP contribution in [-0.4, -0.2) is 19.1 Å². The van der Waals surface area contributed by atoms with Crippen molar-refractivity contribution in [2.45, 2.75) is 0 Å². The van der Waals surface area contributed by atoms with Crippen LogP contribution >= 0.6 is 0 Å². The van der Waals surface area contributed by atoms with Crippen LogP contribution in [0.5, 0.6) is 0 Å². The lowest BCUT2D eigenvalue weighted by atomic mass is 10.0. The molecule has 0 atom stereocenters. The molecule has 0 bridgehead atoms. The van der Waals surface area contributed by atoms with Gasteiger partial charge < -0.3 is 13.6 Å². The van der Waals surface area contributed by atoms with E-state index < -0.39 is 0 Å². The molecule has 8 aromatic carbocycles. The predicted octanol–water partition coefficient (Wildman–Crippen LogP) is 13.6. The third kappa shape index (κ3) is 4.82. The van der Waals surface area contributed by atoms with Gasteiger partial charge in [0.2, 0.25) is 0 Å². The minimum atomic E-state index is 0.672. The molecule has 0 aliphatic rings. The van der Waals surface area contributed by atoms with Crippen molar-refractivity contribution in [3.05, 3.63) is 194 Å². The molecule has 0 aliphatic carbocycles. The standard InChI is InChI=1S/C52H32N4O/c1-4-15-33(16-5-1)41-32-42(34-17-6-2-7-18-34)54-52(53-41)35-19-14-22-37(31-35)56-45-30-29-44-48(40-24-10-12-25-43(40)55(44)36-20-8-3-9-21-36)49(45)50-46(56)28-27-39-38-23-11-13-26-47(38)57-51(39)50/h1-32H. The molecule has 0 spiro atoms. The minimum Gasteiger partial charge on any atom is -0.455 e. The smallest absolute Gasteiger partial charge is 0.160 e. The number of hydrogen-bond donors (Lipinski definition) is 0. The zero-order valence-electron chi connectivity index (χ0n) is 30.7. The fraction of sp³-hybridized carbons (Fsp3) is 0. The van der Waals surface area contributed by atoms with Gasteiger partial charge in [0, 0.05) is 55.0 Å². The largest absolute Gasteiger partial charge is 0.455 e. The summed E-state index contributed by atoms with van der Waals surface area (Å²) in [6, 6.07) is 68.1. The van der Waals surface area contributed by atoms with Gasteiger partial charge in [0.1, 0.15) is 11.2 Å². The van der Waals surface area contributed by atoms with E-state index in [0.717, 1.165) is 94.2 Å². The van der Waals surface area contributed by atoms with Crippen LogP contribution in [0.1, 0.15) is 0 Å². The highest BCUT2D eigenvalue weighted by Gasteiger charge is 2.24. The molecule has 0 fully saturated rings. The Bertz CT molecular complexity index is 3450. The van der Waals surface area contributed by atoms with Crippen molar-refractivity contribution in [1.82, 2.24) is 19.1 Å². The molecular formula is C52H32N4O. The van der Waals surface area contributed by atoms with Gasteiger partial charge >= 0.3 is 0 Å². The van der Waals surface area contributed by atoms with Crippen LogP contribution in [0.3, 0.4) is 0 Å². The van der Waals surface area contributed by atoms with Gasteiger partial charge in [0.25, 0.3) is 0 Å². The summed E-state index contributed by atoms with van der Waals surface area (Å²) in [6.07, 6.45) is 0. The fourth-order valence-electron chi connectivity index (χ4n) is 8.83. The van der Waals surface area contributed by atoms with Crippen molar-refractivity contribution in [2.75, 3.05) is 0 Å². The zero-order chi connectivity index (χ0) is 37.5. The van der Waals surface area contributed by atoms with E-state index in [0.29, 0.717) is 5.82 Å². The molecule has 0 N–H and O–H groups in total. The van der Waals surface area contributed by atoms with E-state index in [-0.39, 0.29) is 0 Å². The third-order valence-electron chi connectivity index (χ3n) is 11.3. The number of hydrogen-bond acceptors (Lipinski definition) is 3. The number of fused-ring (bicyclic) bond motifs is 11. The van der Waals surface area contributed by atoms with Crippen molar-refractivity contribution in [1.29, 1.82) is 0 Å². The van der Waals surface area contributed by atoms with Gasteiger partial charge in [-0.05, 0) is 66.7 Å².